The zero-order chi connectivity index (χ0) is 23.0. The molecule has 3 rings (SSSR count). The van der Waals surface area contributed by atoms with Gasteiger partial charge < -0.3 is 0 Å². The highest BCUT2D eigenvalue weighted by molar-refractivity contribution is 7.77. The second kappa shape index (κ2) is 10.8. The van der Waals surface area contributed by atoms with E-state index in [1.54, 1.807) is 0 Å². The smallest absolute Gasteiger partial charge is 0.205 e. The average Bonchev–Trinajstić information content (AvgIpc) is 2.79. The number of rotatable bonds is 7. The summed E-state index contributed by atoms with van der Waals surface area (Å²) in [6, 6.07) is 29.6. The van der Waals surface area contributed by atoms with Gasteiger partial charge in [0.1, 0.15) is 8.07 Å². The quantitative estimate of drug-likeness (QED) is 0.258. The molecule has 164 valence electrons. The normalized spacial score (nSPS) is 13.2. The van der Waals surface area contributed by atoms with Crippen LogP contribution in [0.4, 0.5) is 0 Å². The second-order valence-electron chi connectivity index (χ2n) is 9.02. The van der Waals surface area contributed by atoms with Gasteiger partial charge in [-0.3, -0.25) is 9.65 Å². The minimum Gasteiger partial charge on any atom is -0.297 e. The molecule has 0 aliphatic carbocycles. The molecule has 0 radical (unpaired) electrons. The Morgan fingerprint density at radius 2 is 1.34 bits per heavy atom. The summed E-state index contributed by atoms with van der Waals surface area (Å²) in [6.45, 7) is 8.83. The van der Waals surface area contributed by atoms with Crippen LogP contribution in [-0.2, 0) is 4.57 Å². The molecule has 0 bridgehead atoms. The summed E-state index contributed by atoms with van der Waals surface area (Å²) in [5.74, 6) is 3.40. The molecule has 1 N–H and O–H groups in total. The van der Waals surface area contributed by atoms with Gasteiger partial charge in [-0.1, -0.05) is 98.0 Å². The van der Waals surface area contributed by atoms with E-state index in [9.17, 15) is 4.57 Å². The fourth-order valence-corrected chi connectivity index (χ4v) is 6.58. The Balaban J connectivity index is 2.04. The zero-order valence-electron chi connectivity index (χ0n) is 19.4. The van der Waals surface area contributed by atoms with Crippen molar-refractivity contribution >= 4 is 32.1 Å². The molecule has 32 heavy (non-hydrogen) atoms. The summed E-state index contributed by atoms with van der Waals surface area (Å²) in [5.41, 5.74) is 5.72. The van der Waals surface area contributed by atoms with Crippen LogP contribution < -0.4 is 15.7 Å². The van der Waals surface area contributed by atoms with Crippen LogP contribution in [0.1, 0.15) is 18.9 Å². The summed E-state index contributed by atoms with van der Waals surface area (Å²) in [5, 5.41) is 5.18. The topological polar surface area (TPSA) is 29.1 Å². The van der Waals surface area contributed by atoms with Crippen LogP contribution in [0.2, 0.25) is 19.6 Å². The minimum atomic E-state index is -3.07. The molecule has 3 aromatic carbocycles. The molecule has 0 unspecified atom stereocenters. The lowest BCUT2D eigenvalue weighted by Crippen LogP contribution is -2.35. The lowest BCUT2D eigenvalue weighted by Gasteiger charge is -2.27. The standard InChI is InChI=1S/C28H32NOPSi/c1-24(23-25-15-8-5-9-16-25)28(21-14-22-32(2,3)4)29-31(30,26-17-10-6-11-18-26)27-19-12-7-13-20-27/h5-13,15-20,23,28H,21H2,1-4H3,(H,29,30)/b24-23+/t28-/m0/s1. The van der Waals surface area contributed by atoms with Gasteiger partial charge in [0.25, 0.3) is 0 Å². The predicted octanol–water partition coefficient (Wildman–Crippen LogP) is 6.25. The Kier molecular flexibility index (Phi) is 8.10. The van der Waals surface area contributed by atoms with E-state index in [1.807, 2.05) is 78.9 Å². The van der Waals surface area contributed by atoms with Crippen LogP contribution in [0.5, 0.6) is 0 Å². The van der Waals surface area contributed by atoms with E-state index >= 15 is 0 Å². The Hall–Kier alpha value is -2.63. The molecule has 0 aliphatic rings. The van der Waals surface area contributed by atoms with Crippen molar-refractivity contribution in [1.82, 2.24) is 5.09 Å². The molecular weight excluding hydrogens is 425 g/mol. The van der Waals surface area contributed by atoms with Crippen molar-refractivity contribution in [2.24, 2.45) is 0 Å². The van der Waals surface area contributed by atoms with Gasteiger partial charge in [0.15, 0.2) is 0 Å². The highest BCUT2D eigenvalue weighted by Gasteiger charge is 2.30. The number of hydrogen-bond acceptors (Lipinski definition) is 1. The summed E-state index contributed by atoms with van der Waals surface area (Å²) in [6.07, 6.45) is 2.78. The first-order chi connectivity index (χ1) is 15.3. The van der Waals surface area contributed by atoms with Gasteiger partial charge in [-0.05, 0) is 36.8 Å². The molecule has 1 atom stereocenters. The van der Waals surface area contributed by atoms with Gasteiger partial charge >= 0.3 is 0 Å². The van der Waals surface area contributed by atoms with Crippen molar-refractivity contribution < 1.29 is 4.57 Å². The molecule has 0 amide bonds. The van der Waals surface area contributed by atoms with Crippen LogP contribution in [-0.4, -0.2) is 14.1 Å². The number of nitrogens with one attached hydrogen (secondary N) is 1. The van der Waals surface area contributed by atoms with Gasteiger partial charge in [0, 0.05) is 23.1 Å². The van der Waals surface area contributed by atoms with Crippen LogP contribution >= 0.6 is 7.29 Å². The van der Waals surface area contributed by atoms with Crippen molar-refractivity contribution in [1.29, 1.82) is 0 Å². The third-order valence-corrected chi connectivity index (χ3v) is 8.74. The molecule has 3 aromatic rings. The fourth-order valence-electron chi connectivity index (χ4n) is 3.43. The largest absolute Gasteiger partial charge is 0.297 e. The summed E-state index contributed by atoms with van der Waals surface area (Å²) >= 11 is 0. The molecule has 0 heterocycles. The Labute approximate surface area is 194 Å². The SMILES string of the molecule is C/C(=C\c1ccccc1)[C@H](CC#C[Si](C)(C)C)NP(=O)(c1ccccc1)c1ccccc1. The molecule has 4 heteroatoms. The van der Waals surface area contributed by atoms with E-state index in [0.29, 0.717) is 6.42 Å². The fraction of sp³-hybridized carbons (Fsp3) is 0.214. The molecule has 0 aliphatic heterocycles. The van der Waals surface area contributed by atoms with Crippen LogP contribution in [0, 0.1) is 11.5 Å². The molecule has 0 saturated carbocycles. The third-order valence-electron chi connectivity index (χ3n) is 5.09. The number of hydrogen-bond donors (Lipinski definition) is 1. The highest BCUT2D eigenvalue weighted by atomic mass is 31.2. The molecule has 0 saturated heterocycles. The Morgan fingerprint density at radius 1 is 0.875 bits per heavy atom. The van der Waals surface area contributed by atoms with Crippen LogP contribution in [0.15, 0.2) is 96.6 Å². The van der Waals surface area contributed by atoms with E-state index in [2.05, 4.69) is 61.3 Å². The first kappa shape index (κ1) is 24.0. The van der Waals surface area contributed by atoms with Crippen molar-refractivity contribution in [2.45, 2.75) is 39.0 Å². The Bertz CT molecular complexity index is 1100. The van der Waals surface area contributed by atoms with E-state index in [1.165, 1.54) is 0 Å². The van der Waals surface area contributed by atoms with Crippen LogP contribution in [0.3, 0.4) is 0 Å². The van der Waals surface area contributed by atoms with Gasteiger partial charge in [-0.2, -0.15) is 0 Å². The summed E-state index contributed by atoms with van der Waals surface area (Å²) in [7, 11) is -4.56. The lowest BCUT2D eigenvalue weighted by atomic mass is 10.0. The first-order valence-corrected chi connectivity index (χ1v) is 16.2. The van der Waals surface area contributed by atoms with Gasteiger partial charge in [-0.25, -0.2) is 0 Å². The molecule has 0 aromatic heterocycles. The van der Waals surface area contributed by atoms with E-state index in [-0.39, 0.29) is 6.04 Å². The summed E-state index contributed by atoms with van der Waals surface area (Å²) < 4.78 is 14.6. The predicted molar refractivity (Wildman–Crippen MR) is 143 cm³/mol. The zero-order valence-corrected chi connectivity index (χ0v) is 21.3. The monoisotopic (exact) mass is 457 g/mol. The van der Waals surface area contributed by atoms with Gasteiger partial charge in [-0.15, -0.1) is 11.5 Å². The highest BCUT2D eigenvalue weighted by Crippen LogP contribution is 2.40. The van der Waals surface area contributed by atoms with Crippen molar-refractivity contribution in [2.75, 3.05) is 0 Å². The lowest BCUT2D eigenvalue weighted by molar-refractivity contribution is 0.569. The molecular formula is C28H32NOPSi. The minimum absolute atomic E-state index is 0.134. The van der Waals surface area contributed by atoms with Crippen molar-refractivity contribution in [3.63, 3.8) is 0 Å². The third kappa shape index (κ3) is 6.68. The maximum atomic E-state index is 14.6. The summed E-state index contributed by atoms with van der Waals surface area (Å²) in [4.78, 5) is 0. The maximum absolute atomic E-state index is 14.6. The maximum Gasteiger partial charge on any atom is 0.205 e. The molecule has 0 fully saturated rings. The van der Waals surface area contributed by atoms with E-state index in [0.717, 1.165) is 21.7 Å². The average molecular weight is 458 g/mol. The molecule has 2 nitrogen and oxygen atoms in total. The number of benzene rings is 3. The van der Waals surface area contributed by atoms with Crippen LogP contribution in [0.25, 0.3) is 6.08 Å². The second-order valence-corrected chi connectivity index (χ2v) is 16.3. The molecule has 0 spiro atoms. The first-order valence-electron chi connectivity index (χ1n) is 11.0. The van der Waals surface area contributed by atoms with Crippen molar-refractivity contribution in [3.05, 3.63) is 102 Å². The van der Waals surface area contributed by atoms with E-state index < -0.39 is 15.4 Å². The Morgan fingerprint density at radius 3 is 1.81 bits per heavy atom. The van der Waals surface area contributed by atoms with Gasteiger partial charge in [0.05, 0.1) is 0 Å². The van der Waals surface area contributed by atoms with E-state index in [4.69, 9.17) is 0 Å². The van der Waals surface area contributed by atoms with Crippen molar-refractivity contribution in [3.8, 4) is 11.5 Å². The van der Waals surface area contributed by atoms with Gasteiger partial charge in [0.2, 0.25) is 7.29 Å².